The third-order valence-corrected chi connectivity index (χ3v) is 7.19. The second kappa shape index (κ2) is 13.2. The van der Waals surface area contributed by atoms with Gasteiger partial charge in [0.25, 0.3) is 0 Å². The van der Waals surface area contributed by atoms with E-state index in [4.69, 9.17) is 22.1 Å². The number of hydrogen-bond donors (Lipinski definition) is 1. The van der Waals surface area contributed by atoms with Crippen molar-refractivity contribution in [1.29, 1.82) is 0 Å². The van der Waals surface area contributed by atoms with Crippen LogP contribution in [0.25, 0.3) is 0 Å². The molecule has 0 amide bonds. The zero-order valence-electron chi connectivity index (χ0n) is 21.7. The standard InChI is InChI=1S/C32H32ClF3N2O/c1-2-30(39-27-17-9-11-23(19-27)20-37)38(21-26-16-10-18-29(31(26)33)32(34,35)36)22-28(24-12-5-3-6-13-24)25-14-7-4-8-15-25/h3-19,28,30H,2,20-22,37H2,1H3. The molecule has 0 fully saturated rings. The molecule has 3 nitrogen and oxygen atoms in total. The third-order valence-electron chi connectivity index (χ3n) is 6.74. The van der Waals surface area contributed by atoms with E-state index in [-0.39, 0.29) is 17.5 Å². The van der Waals surface area contributed by atoms with Gasteiger partial charge in [-0.2, -0.15) is 13.2 Å². The minimum Gasteiger partial charge on any atom is -0.475 e. The molecule has 0 spiro atoms. The van der Waals surface area contributed by atoms with Crippen molar-refractivity contribution < 1.29 is 17.9 Å². The van der Waals surface area contributed by atoms with Gasteiger partial charge in [-0.25, -0.2) is 0 Å². The Labute approximate surface area is 233 Å². The summed E-state index contributed by atoms with van der Waals surface area (Å²) < 4.78 is 47.5. The predicted molar refractivity (Wildman–Crippen MR) is 151 cm³/mol. The van der Waals surface area contributed by atoms with Crippen LogP contribution in [0.3, 0.4) is 0 Å². The monoisotopic (exact) mass is 552 g/mol. The minimum atomic E-state index is -4.54. The summed E-state index contributed by atoms with van der Waals surface area (Å²) in [6.07, 6.45) is -4.38. The van der Waals surface area contributed by atoms with Gasteiger partial charge >= 0.3 is 6.18 Å². The van der Waals surface area contributed by atoms with Gasteiger partial charge in [0.15, 0.2) is 6.23 Å². The number of nitrogens with two attached hydrogens (primary N) is 1. The van der Waals surface area contributed by atoms with Crippen LogP contribution < -0.4 is 10.5 Å². The van der Waals surface area contributed by atoms with Gasteiger partial charge in [-0.3, -0.25) is 4.90 Å². The van der Waals surface area contributed by atoms with E-state index in [2.05, 4.69) is 29.2 Å². The minimum absolute atomic E-state index is 0.0509. The van der Waals surface area contributed by atoms with Crippen LogP contribution in [0.4, 0.5) is 13.2 Å². The first kappa shape index (κ1) is 28.7. The fourth-order valence-corrected chi connectivity index (χ4v) is 5.04. The first-order chi connectivity index (χ1) is 18.8. The lowest BCUT2D eigenvalue weighted by Gasteiger charge is -2.35. The van der Waals surface area contributed by atoms with E-state index in [1.807, 2.05) is 67.6 Å². The first-order valence-electron chi connectivity index (χ1n) is 12.9. The van der Waals surface area contributed by atoms with Crippen LogP contribution in [0.15, 0.2) is 103 Å². The number of benzene rings is 4. The number of ether oxygens (including phenoxy) is 1. The number of alkyl halides is 3. The summed E-state index contributed by atoms with van der Waals surface area (Å²) in [5.41, 5.74) is 8.52. The quantitative estimate of drug-likeness (QED) is 0.190. The summed E-state index contributed by atoms with van der Waals surface area (Å²) in [6.45, 7) is 3.05. The largest absolute Gasteiger partial charge is 0.475 e. The predicted octanol–water partition coefficient (Wildman–Crippen LogP) is 8.27. The van der Waals surface area contributed by atoms with Crippen LogP contribution >= 0.6 is 11.6 Å². The molecule has 4 rings (SSSR count). The maximum Gasteiger partial charge on any atom is 0.417 e. The molecule has 39 heavy (non-hydrogen) atoms. The highest BCUT2D eigenvalue weighted by Gasteiger charge is 2.34. The highest BCUT2D eigenvalue weighted by molar-refractivity contribution is 6.32. The zero-order chi connectivity index (χ0) is 27.8. The average molecular weight is 553 g/mol. The molecule has 7 heteroatoms. The van der Waals surface area contributed by atoms with Crippen LogP contribution in [0.1, 0.15) is 47.1 Å². The van der Waals surface area contributed by atoms with Crippen molar-refractivity contribution in [2.45, 2.75) is 44.8 Å². The average Bonchev–Trinajstić information content (AvgIpc) is 2.95. The van der Waals surface area contributed by atoms with Crippen molar-refractivity contribution in [3.63, 3.8) is 0 Å². The molecule has 0 aliphatic carbocycles. The molecule has 0 saturated carbocycles. The van der Waals surface area contributed by atoms with E-state index in [1.54, 1.807) is 6.07 Å². The fourth-order valence-electron chi connectivity index (χ4n) is 4.75. The Balaban J connectivity index is 1.75. The van der Waals surface area contributed by atoms with Crippen molar-refractivity contribution in [3.05, 3.63) is 136 Å². The molecule has 0 bridgehead atoms. The summed E-state index contributed by atoms with van der Waals surface area (Å²) in [5.74, 6) is 0.603. The molecular formula is C32H32ClF3N2O. The van der Waals surface area contributed by atoms with Gasteiger partial charge in [0.05, 0.1) is 10.6 Å². The molecule has 0 aliphatic heterocycles. The van der Waals surface area contributed by atoms with Crippen molar-refractivity contribution in [2.75, 3.05) is 6.54 Å². The Morgan fingerprint density at radius 3 is 2.03 bits per heavy atom. The SMILES string of the molecule is CCC(Oc1cccc(CN)c1)N(Cc1cccc(C(F)(F)F)c1Cl)CC(c1ccccc1)c1ccccc1. The Kier molecular flexibility index (Phi) is 9.68. The van der Waals surface area contributed by atoms with Gasteiger partial charge in [-0.1, -0.05) is 103 Å². The van der Waals surface area contributed by atoms with Crippen molar-refractivity contribution in [3.8, 4) is 5.75 Å². The molecule has 2 N–H and O–H groups in total. The molecule has 0 radical (unpaired) electrons. The third kappa shape index (κ3) is 7.41. The molecule has 1 unspecified atom stereocenters. The van der Waals surface area contributed by atoms with Crippen LogP contribution in [0.5, 0.6) is 5.75 Å². The zero-order valence-corrected chi connectivity index (χ0v) is 22.5. The first-order valence-corrected chi connectivity index (χ1v) is 13.3. The van der Waals surface area contributed by atoms with Gasteiger partial charge < -0.3 is 10.5 Å². The molecule has 0 heterocycles. The summed E-state index contributed by atoms with van der Waals surface area (Å²) in [6, 6.07) is 31.8. The Hall–Kier alpha value is -3.32. The summed E-state index contributed by atoms with van der Waals surface area (Å²) in [4.78, 5) is 2.07. The highest BCUT2D eigenvalue weighted by Crippen LogP contribution is 2.37. The van der Waals surface area contributed by atoms with Crippen LogP contribution in [-0.4, -0.2) is 17.7 Å². The lowest BCUT2D eigenvalue weighted by atomic mass is 9.90. The number of halogens is 4. The Morgan fingerprint density at radius 2 is 1.46 bits per heavy atom. The van der Waals surface area contributed by atoms with Crippen LogP contribution in [0.2, 0.25) is 5.02 Å². The second-order valence-electron chi connectivity index (χ2n) is 9.41. The van der Waals surface area contributed by atoms with Crippen LogP contribution in [-0.2, 0) is 19.3 Å². The summed E-state index contributed by atoms with van der Waals surface area (Å²) >= 11 is 6.35. The molecule has 204 valence electrons. The molecular weight excluding hydrogens is 521 g/mol. The lowest BCUT2D eigenvalue weighted by molar-refractivity contribution is -0.137. The normalized spacial score (nSPS) is 12.6. The smallest absolute Gasteiger partial charge is 0.417 e. The fraction of sp³-hybridized carbons (Fsp3) is 0.250. The van der Waals surface area contributed by atoms with E-state index < -0.39 is 18.0 Å². The van der Waals surface area contributed by atoms with Crippen molar-refractivity contribution >= 4 is 11.6 Å². The van der Waals surface area contributed by atoms with E-state index in [0.717, 1.165) is 22.8 Å². The lowest BCUT2D eigenvalue weighted by Crippen LogP contribution is -2.41. The van der Waals surface area contributed by atoms with Gasteiger partial charge in [-0.15, -0.1) is 0 Å². The van der Waals surface area contributed by atoms with Gasteiger partial charge in [0, 0.05) is 25.6 Å². The Morgan fingerprint density at radius 1 is 0.846 bits per heavy atom. The molecule has 4 aromatic carbocycles. The van der Waals surface area contributed by atoms with E-state index in [9.17, 15) is 13.2 Å². The number of rotatable bonds is 11. The highest BCUT2D eigenvalue weighted by atomic mass is 35.5. The van der Waals surface area contributed by atoms with Crippen molar-refractivity contribution in [1.82, 2.24) is 4.90 Å². The molecule has 4 aromatic rings. The summed E-state index contributed by atoms with van der Waals surface area (Å²) in [7, 11) is 0. The molecule has 1 atom stereocenters. The van der Waals surface area contributed by atoms with Crippen LogP contribution in [0, 0.1) is 0 Å². The Bertz CT molecular complexity index is 1290. The topological polar surface area (TPSA) is 38.5 Å². The van der Waals surface area contributed by atoms with E-state index in [0.29, 0.717) is 30.8 Å². The van der Waals surface area contributed by atoms with Crippen molar-refractivity contribution in [2.24, 2.45) is 5.73 Å². The number of nitrogens with zero attached hydrogens (tertiary/aromatic N) is 1. The summed E-state index contributed by atoms with van der Waals surface area (Å²) in [5, 5.41) is -0.286. The van der Waals surface area contributed by atoms with Gasteiger partial charge in [0.2, 0.25) is 0 Å². The van der Waals surface area contributed by atoms with Gasteiger partial charge in [0.1, 0.15) is 5.75 Å². The van der Waals surface area contributed by atoms with Gasteiger partial charge in [-0.05, 0) is 46.9 Å². The maximum atomic E-state index is 13.7. The number of hydrogen-bond acceptors (Lipinski definition) is 3. The van der Waals surface area contributed by atoms with E-state index >= 15 is 0 Å². The molecule has 0 saturated heterocycles. The second-order valence-corrected chi connectivity index (χ2v) is 9.79. The van der Waals surface area contributed by atoms with E-state index in [1.165, 1.54) is 6.07 Å². The molecule has 0 aromatic heterocycles. The molecule has 0 aliphatic rings. The maximum absolute atomic E-state index is 13.7.